The van der Waals surface area contributed by atoms with Crippen LogP contribution in [0.15, 0.2) is 28.6 Å². The van der Waals surface area contributed by atoms with Crippen molar-refractivity contribution in [2.75, 3.05) is 5.32 Å². The highest BCUT2D eigenvalue weighted by Gasteiger charge is 2.51. The number of carbonyl (C=O) groups is 1. The topological polar surface area (TPSA) is 54.9 Å². The summed E-state index contributed by atoms with van der Waals surface area (Å²) < 4.78 is 13.8. The normalized spacial score (nSPS) is 30.5. The molecule has 28 heavy (non-hydrogen) atoms. The molecule has 4 saturated carbocycles. The number of halogens is 1. The van der Waals surface area contributed by atoms with Gasteiger partial charge in [-0.3, -0.25) is 4.79 Å². The fraction of sp³-hybridized carbons (Fsp3) is 0.571. The molecular weight excluding hydrogens is 393 g/mol. The van der Waals surface area contributed by atoms with Crippen LogP contribution in [0.5, 0.6) is 0 Å². The molecule has 4 aliphatic rings. The van der Waals surface area contributed by atoms with Gasteiger partial charge in [0.1, 0.15) is 5.82 Å². The fourth-order valence-electron chi connectivity index (χ4n) is 6.05. The van der Waals surface area contributed by atoms with E-state index in [1.165, 1.54) is 62.0 Å². The van der Waals surface area contributed by atoms with Crippen LogP contribution >= 0.6 is 23.1 Å². The largest absolute Gasteiger partial charge is 0.300 e. The second-order valence-corrected chi connectivity index (χ2v) is 11.1. The second kappa shape index (κ2) is 7.41. The first-order chi connectivity index (χ1) is 13.6. The van der Waals surface area contributed by atoms with E-state index in [2.05, 4.69) is 15.5 Å². The van der Waals surface area contributed by atoms with Crippen molar-refractivity contribution in [3.05, 3.63) is 35.6 Å². The summed E-state index contributed by atoms with van der Waals surface area (Å²) in [5.41, 5.74) is 1.28. The van der Waals surface area contributed by atoms with Gasteiger partial charge >= 0.3 is 0 Å². The van der Waals surface area contributed by atoms with E-state index in [4.69, 9.17) is 0 Å². The lowest BCUT2D eigenvalue weighted by molar-refractivity contribution is -0.124. The zero-order valence-electron chi connectivity index (χ0n) is 15.7. The molecular formula is C21H24FN3OS2. The molecule has 4 fully saturated rings. The van der Waals surface area contributed by atoms with Gasteiger partial charge in [-0.15, -0.1) is 10.2 Å². The summed E-state index contributed by atoms with van der Waals surface area (Å²) in [4.78, 5) is 12.7. The van der Waals surface area contributed by atoms with E-state index < -0.39 is 0 Å². The van der Waals surface area contributed by atoms with E-state index in [0.29, 0.717) is 17.3 Å². The number of nitrogens with one attached hydrogen (secondary N) is 1. The Hall–Kier alpha value is -1.47. The van der Waals surface area contributed by atoms with E-state index in [9.17, 15) is 9.18 Å². The number of rotatable bonds is 6. The molecule has 0 aliphatic heterocycles. The first kappa shape index (κ1) is 18.6. The van der Waals surface area contributed by atoms with E-state index in [-0.39, 0.29) is 17.1 Å². The van der Waals surface area contributed by atoms with Gasteiger partial charge in [-0.25, -0.2) is 4.39 Å². The summed E-state index contributed by atoms with van der Waals surface area (Å²) in [7, 11) is 0. The number of benzene rings is 1. The average molecular weight is 418 g/mol. The van der Waals surface area contributed by atoms with E-state index in [1.807, 2.05) is 0 Å². The third kappa shape index (κ3) is 3.96. The Morgan fingerprint density at radius 2 is 1.75 bits per heavy atom. The Labute approximate surface area is 172 Å². The summed E-state index contributed by atoms with van der Waals surface area (Å²) in [5, 5.41) is 11.9. The zero-order valence-corrected chi connectivity index (χ0v) is 17.3. The van der Waals surface area contributed by atoms with Gasteiger partial charge in [0.15, 0.2) is 4.34 Å². The summed E-state index contributed by atoms with van der Waals surface area (Å²) in [6.45, 7) is 0. The maximum Gasteiger partial charge on any atom is 0.226 e. The number of anilines is 1. The molecule has 7 heteroatoms. The first-order valence-electron chi connectivity index (χ1n) is 10.1. The maximum absolute atomic E-state index is 13.0. The number of aromatic nitrogens is 2. The number of thioether (sulfide) groups is 1. The Morgan fingerprint density at radius 3 is 2.39 bits per heavy atom. The molecule has 4 aliphatic carbocycles. The van der Waals surface area contributed by atoms with Crippen LogP contribution in [-0.4, -0.2) is 16.1 Å². The molecule has 0 unspecified atom stereocenters. The molecule has 6 rings (SSSR count). The van der Waals surface area contributed by atoms with Crippen molar-refractivity contribution in [3.63, 3.8) is 0 Å². The van der Waals surface area contributed by atoms with Crippen molar-refractivity contribution >= 4 is 34.1 Å². The van der Waals surface area contributed by atoms with E-state index >= 15 is 0 Å². The summed E-state index contributed by atoms with van der Waals surface area (Å²) in [6.07, 6.45) is 8.53. The third-order valence-corrected chi connectivity index (χ3v) is 8.67. The molecule has 0 radical (unpaired) electrons. The van der Waals surface area contributed by atoms with Crippen molar-refractivity contribution < 1.29 is 9.18 Å². The minimum atomic E-state index is -0.228. The molecule has 2 aromatic rings. The third-order valence-electron chi connectivity index (χ3n) is 6.63. The minimum absolute atomic E-state index is 0.0909. The molecule has 0 saturated heterocycles. The van der Waals surface area contributed by atoms with Crippen LogP contribution in [0.1, 0.15) is 50.5 Å². The van der Waals surface area contributed by atoms with Crippen LogP contribution in [0.2, 0.25) is 0 Å². The molecule has 148 valence electrons. The van der Waals surface area contributed by atoms with Gasteiger partial charge in [-0.1, -0.05) is 35.2 Å². The molecule has 0 spiro atoms. The quantitative estimate of drug-likeness (QED) is 0.497. The van der Waals surface area contributed by atoms with Gasteiger partial charge < -0.3 is 5.32 Å². The highest BCUT2D eigenvalue weighted by Crippen LogP contribution is 2.61. The molecule has 1 amide bonds. The predicted octanol–water partition coefficient (Wildman–Crippen LogP) is 5.51. The van der Waals surface area contributed by atoms with Crippen LogP contribution in [0.4, 0.5) is 9.52 Å². The average Bonchev–Trinajstić information content (AvgIpc) is 3.06. The van der Waals surface area contributed by atoms with Gasteiger partial charge in [0.25, 0.3) is 0 Å². The van der Waals surface area contributed by atoms with Crippen molar-refractivity contribution in [1.29, 1.82) is 0 Å². The highest BCUT2D eigenvalue weighted by molar-refractivity contribution is 8.00. The number of carbonyl (C=O) groups excluding carboxylic acids is 1. The molecule has 1 N–H and O–H groups in total. The summed E-state index contributed by atoms with van der Waals surface area (Å²) in [5.74, 6) is 3.14. The predicted molar refractivity (Wildman–Crippen MR) is 110 cm³/mol. The number of amides is 1. The van der Waals surface area contributed by atoms with Crippen molar-refractivity contribution in [2.24, 2.45) is 23.2 Å². The number of hydrogen-bond acceptors (Lipinski definition) is 5. The number of hydrogen-bond donors (Lipinski definition) is 1. The smallest absolute Gasteiger partial charge is 0.226 e. The number of nitrogens with zero attached hydrogens (tertiary/aromatic N) is 2. The van der Waals surface area contributed by atoms with Gasteiger partial charge in [-0.2, -0.15) is 0 Å². The standard InChI is InChI=1S/C21H24FN3OS2/c22-17-3-1-13(2-4-17)12-27-20-25-24-19(28-20)23-18(26)11-21-8-14-5-15(9-21)7-16(6-14)10-21/h1-4,14-16H,5-12H2,(H,23,24,26). The summed E-state index contributed by atoms with van der Waals surface area (Å²) in [6, 6.07) is 6.48. The van der Waals surface area contributed by atoms with Crippen LogP contribution in [0, 0.1) is 29.0 Å². The first-order valence-corrected chi connectivity index (χ1v) is 11.9. The molecule has 4 nitrogen and oxygen atoms in total. The van der Waals surface area contributed by atoms with Crippen molar-refractivity contribution in [1.82, 2.24) is 10.2 Å². The molecule has 0 atom stereocenters. The maximum atomic E-state index is 13.0. The van der Waals surface area contributed by atoms with Crippen molar-refractivity contribution in [3.8, 4) is 0 Å². The fourth-order valence-corrected chi connectivity index (χ4v) is 7.78. The van der Waals surface area contributed by atoms with Gasteiger partial charge in [0.2, 0.25) is 11.0 Å². The lowest BCUT2D eigenvalue weighted by Gasteiger charge is -2.56. The van der Waals surface area contributed by atoms with Crippen molar-refractivity contribution in [2.45, 2.75) is 55.0 Å². The van der Waals surface area contributed by atoms with Gasteiger partial charge in [-0.05, 0) is 79.4 Å². The Balaban J connectivity index is 1.16. The minimum Gasteiger partial charge on any atom is -0.300 e. The molecule has 4 bridgehead atoms. The Bertz CT molecular complexity index is 832. The summed E-state index contributed by atoms with van der Waals surface area (Å²) >= 11 is 2.96. The SMILES string of the molecule is O=C(CC12CC3CC(CC(C3)C1)C2)Nc1nnc(SCc2ccc(F)cc2)s1. The van der Waals surface area contributed by atoms with E-state index in [0.717, 1.165) is 27.7 Å². The molecule has 1 aromatic carbocycles. The van der Waals surface area contributed by atoms with Crippen LogP contribution in [0.25, 0.3) is 0 Å². The lowest BCUT2D eigenvalue weighted by Crippen LogP contribution is -2.47. The molecule has 1 heterocycles. The lowest BCUT2D eigenvalue weighted by atomic mass is 9.49. The van der Waals surface area contributed by atoms with E-state index in [1.54, 1.807) is 23.9 Å². The van der Waals surface area contributed by atoms with Gasteiger partial charge in [0, 0.05) is 12.2 Å². The van der Waals surface area contributed by atoms with Gasteiger partial charge in [0.05, 0.1) is 0 Å². The zero-order chi connectivity index (χ0) is 19.1. The van der Waals surface area contributed by atoms with Crippen LogP contribution in [0.3, 0.4) is 0 Å². The Kier molecular flexibility index (Phi) is 4.91. The second-order valence-electron chi connectivity index (χ2n) is 8.93. The van der Waals surface area contributed by atoms with Crippen LogP contribution in [-0.2, 0) is 10.5 Å². The van der Waals surface area contributed by atoms with Crippen LogP contribution < -0.4 is 5.32 Å². The Morgan fingerprint density at radius 1 is 1.11 bits per heavy atom. The monoisotopic (exact) mass is 417 g/mol. The highest BCUT2D eigenvalue weighted by atomic mass is 32.2. The molecule has 1 aromatic heterocycles.